The minimum atomic E-state index is -0.704. The Kier molecular flexibility index (Phi) is 6.91. The van der Waals surface area contributed by atoms with Crippen molar-refractivity contribution in [2.45, 2.75) is 19.8 Å². The molecule has 39 heavy (non-hydrogen) atoms. The van der Waals surface area contributed by atoms with Gasteiger partial charge < -0.3 is 15.4 Å². The maximum atomic E-state index is 14.9. The zero-order valence-corrected chi connectivity index (χ0v) is 21.3. The maximum absolute atomic E-state index is 14.9. The molecule has 3 aromatic heterocycles. The summed E-state index contributed by atoms with van der Waals surface area (Å²) in [6.07, 6.45) is 3.12. The number of carbonyl (C=O) groups is 2. The van der Waals surface area contributed by atoms with E-state index in [1.54, 1.807) is 23.0 Å². The van der Waals surface area contributed by atoms with E-state index in [0.717, 1.165) is 28.4 Å². The number of hydrogen-bond donors (Lipinski definition) is 4. The number of benzene rings is 2. The summed E-state index contributed by atoms with van der Waals surface area (Å²) in [4.78, 5) is 28.6. The molecule has 2 aromatic carbocycles. The number of anilines is 2. The lowest BCUT2D eigenvalue weighted by atomic mass is 10.1. The Bertz CT molecular complexity index is 1680. The first-order valence-electron chi connectivity index (χ1n) is 12.1. The number of H-pyrrole nitrogens is 1. The Labute approximate surface area is 222 Å². The van der Waals surface area contributed by atoms with Crippen LogP contribution in [0.5, 0.6) is 11.5 Å². The Balaban J connectivity index is 1.32. The van der Waals surface area contributed by atoms with Crippen molar-refractivity contribution in [2.24, 2.45) is 0 Å². The molecule has 0 aliphatic rings. The summed E-state index contributed by atoms with van der Waals surface area (Å²) in [6.45, 7) is 4.00. The van der Waals surface area contributed by atoms with E-state index in [4.69, 9.17) is 4.74 Å². The molecule has 11 nitrogen and oxygen atoms in total. The van der Waals surface area contributed by atoms with Gasteiger partial charge in [-0.2, -0.15) is 10.2 Å². The summed E-state index contributed by atoms with van der Waals surface area (Å²) in [7, 11) is 1.49. The largest absolute Gasteiger partial charge is 0.457 e. The van der Waals surface area contributed by atoms with Gasteiger partial charge in [0.2, 0.25) is 0 Å². The zero-order valence-electron chi connectivity index (χ0n) is 21.3. The summed E-state index contributed by atoms with van der Waals surface area (Å²) < 4.78 is 22.1. The summed E-state index contributed by atoms with van der Waals surface area (Å²) in [5.41, 5.74) is 2.50. The number of pyridine rings is 1. The number of rotatable bonds is 7. The van der Waals surface area contributed by atoms with Crippen molar-refractivity contribution in [2.75, 3.05) is 17.7 Å². The van der Waals surface area contributed by atoms with Crippen LogP contribution in [-0.2, 0) is 0 Å². The van der Waals surface area contributed by atoms with E-state index >= 15 is 0 Å². The maximum Gasteiger partial charge on any atom is 0.324 e. The smallest absolute Gasteiger partial charge is 0.324 e. The molecule has 3 heterocycles. The van der Waals surface area contributed by atoms with E-state index in [1.807, 2.05) is 32.0 Å². The molecule has 0 aliphatic heterocycles. The van der Waals surface area contributed by atoms with E-state index in [-0.39, 0.29) is 29.0 Å². The molecule has 5 rings (SSSR count). The van der Waals surface area contributed by atoms with Crippen LogP contribution in [0.2, 0.25) is 0 Å². The molecule has 12 heteroatoms. The minimum absolute atomic E-state index is 0.0457. The van der Waals surface area contributed by atoms with Gasteiger partial charge in [0.1, 0.15) is 28.8 Å². The van der Waals surface area contributed by atoms with Gasteiger partial charge in [0.15, 0.2) is 0 Å². The molecule has 0 spiro atoms. The van der Waals surface area contributed by atoms with Crippen molar-refractivity contribution in [1.82, 2.24) is 30.3 Å². The quantitative estimate of drug-likeness (QED) is 0.229. The fraction of sp³-hybridized carbons (Fsp3) is 0.148. The first-order valence-corrected chi connectivity index (χ1v) is 12.1. The predicted octanol–water partition coefficient (Wildman–Crippen LogP) is 5.20. The lowest BCUT2D eigenvalue weighted by molar-refractivity contribution is 0.0957. The molecule has 4 N–H and O–H groups in total. The molecular formula is C27H25FN8O3. The van der Waals surface area contributed by atoms with E-state index in [2.05, 4.69) is 36.2 Å². The predicted molar refractivity (Wildman–Crippen MR) is 144 cm³/mol. The Morgan fingerprint density at radius 2 is 1.85 bits per heavy atom. The van der Waals surface area contributed by atoms with Crippen LogP contribution in [0.15, 0.2) is 67.0 Å². The molecule has 0 saturated carbocycles. The summed E-state index contributed by atoms with van der Waals surface area (Å²) in [5.74, 6) is -0.0495. The molecule has 0 fully saturated rings. The van der Waals surface area contributed by atoms with Gasteiger partial charge in [0.25, 0.3) is 5.91 Å². The monoisotopic (exact) mass is 528 g/mol. The number of nitrogens with one attached hydrogen (secondary N) is 4. The van der Waals surface area contributed by atoms with Crippen LogP contribution >= 0.6 is 0 Å². The molecule has 0 aliphatic carbocycles. The number of carbonyl (C=O) groups excluding carboxylic acids is 2. The number of aromatic nitrogens is 5. The van der Waals surface area contributed by atoms with E-state index in [1.165, 1.54) is 31.4 Å². The standard InChI is InChI=1S/C27H25FN8O3/c1-15(2)23-13-25(36(35-23)17-4-6-21-16(10-17)14-31-34-21)33-27(38)32-22-7-5-18(11-20(22)28)39-19-8-9-30-24(12-19)26(37)29-3/h4-15H,1-3H3,(H,29,37)(H,31,34)(H2,32,33,38). The van der Waals surface area contributed by atoms with Gasteiger partial charge in [-0.1, -0.05) is 13.8 Å². The average Bonchev–Trinajstić information content (AvgIpc) is 3.56. The summed E-state index contributed by atoms with van der Waals surface area (Å²) >= 11 is 0. The first-order chi connectivity index (χ1) is 18.8. The number of urea groups is 1. The van der Waals surface area contributed by atoms with Crippen molar-refractivity contribution in [3.05, 3.63) is 84.2 Å². The molecule has 0 radical (unpaired) electrons. The van der Waals surface area contributed by atoms with Gasteiger partial charge in [0.05, 0.1) is 28.8 Å². The Morgan fingerprint density at radius 1 is 1.03 bits per heavy atom. The van der Waals surface area contributed by atoms with Crippen molar-refractivity contribution >= 4 is 34.3 Å². The van der Waals surface area contributed by atoms with Gasteiger partial charge in [-0.05, 0) is 42.3 Å². The molecule has 0 atom stereocenters. The van der Waals surface area contributed by atoms with Crippen molar-refractivity contribution in [3.8, 4) is 17.2 Å². The zero-order chi connectivity index (χ0) is 27.5. The second kappa shape index (κ2) is 10.6. The highest BCUT2D eigenvalue weighted by molar-refractivity contribution is 5.99. The third-order valence-corrected chi connectivity index (χ3v) is 5.85. The van der Waals surface area contributed by atoms with E-state index in [0.29, 0.717) is 11.6 Å². The molecule has 0 saturated heterocycles. The normalized spacial score (nSPS) is 11.0. The van der Waals surface area contributed by atoms with Crippen LogP contribution in [0.1, 0.15) is 35.9 Å². The Hall–Kier alpha value is -5.26. The highest BCUT2D eigenvalue weighted by Crippen LogP contribution is 2.27. The molecule has 198 valence electrons. The number of halogens is 1. The van der Waals surface area contributed by atoms with Crippen LogP contribution < -0.4 is 20.7 Å². The number of amides is 3. The van der Waals surface area contributed by atoms with Gasteiger partial charge in [0, 0.05) is 36.8 Å². The molecular weight excluding hydrogens is 503 g/mol. The van der Waals surface area contributed by atoms with Crippen molar-refractivity contribution < 1.29 is 18.7 Å². The third-order valence-electron chi connectivity index (χ3n) is 5.85. The van der Waals surface area contributed by atoms with Gasteiger partial charge in [-0.25, -0.2) is 13.9 Å². The van der Waals surface area contributed by atoms with E-state index < -0.39 is 11.8 Å². The molecule has 0 bridgehead atoms. The number of ether oxygens (including phenoxy) is 1. The van der Waals surface area contributed by atoms with Crippen LogP contribution in [-0.4, -0.2) is 43.9 Å². The number of aromatic amines is 1. The van der Waals surface area contributed by atoms with Gasteiger partial charge in [-0.3, -0.25) is 20.2 Å². The Morgan fingerprint density at radius 3 is 2.62 bits per heavy atom. The van der Waals surface area contributed by atoms with Gasteiger partial charge >= 0.3 is 6.03 Å². The fourth-order valence-electron chi connectivity index (χ4n) is 3.82. The number of fused-ring (bicyclic) bond motifs is 1. The van der Waals surface area contributed by atoms with Crippen LogP contribution in [0.3, 0.4) is 0 Å². The van der Waals surface area contributed by atoms with Gasteiger partial charge in [-0.15, -0.1) is 0 Å². The third kappa shape index (κ3) is 5.54. The fourth-order valence-corrected chi connectivity index (χ4v) is 3.82. The second-order valence-corrected chi connectivity index (χ2v) is 8.94. The summed E-state index contributed by atoms with van der Waals surface area (Å²) in [5, 5.41) is 20.3. The topological polar surface area (TPSA) is 139 Å². The number of nitrogens with zero attached hydrogens (tertiary/aromatic N) is 4. The SMILES string of the molecule is CNC(=O)c1cc(Oc2ccc(NC(=O)Nc3cc(C(C)C)nn3-c3ccc4[nH]ncc4c3)c(F)c2)ccn1. The van der Waals surface area contributed by atoms with Crippen molar-refractivity contribution in [3.63, 3.8) is 0 Å². The van der Waals surface area contributed by atoms with Crippen molar-refractivity contribution in [1.29, 1.82) is 0 Å². The lowest BCUT2D eigenvalue weighted by Gasteiger charge is -2.12. The highest BCUT2D eigenvalue weighted by Gasteiger charge is 2.17. The lowest BCUT2D eigenvalue weighted by Crippen LogP contribution is -2.22. The van der Waals surface area contributed by atoms with Crippen LogP contribution in [0.25, 0.3) is 16.6 Å². The molecule has 5 aromatic rings. The number of hydrogen-bond acceptors (Lipinski definition) is 6. The highest BCUT2D eigenvalue weighted by atomic mass is 19.1. The first kappa shape index (κ1) is 25.4. The summed E-state index contributed by atoms with van der Waals surface area (Å²) in [6, 6.07) is 13.8. The minimum Gasteiger partial charge on any atom is -0.457 e. The average molecular weight is 529 g/mol. The molecule has 3 amide bonds. The van der Waals surface area contributed by atoms with Crippen LogP contribution in [0, 0.1) is 5.82 Å². The van der Waals surface area contributed by atoms with E-state index in [9.17, 15) is 14.0 Å². The van der Waals surface area contributed by atoms with Crippen LogP contribution in [0.4, 0.5) is 20.7 Å². The second-order valence-electron chi connectivity index (χ2n) is 8.94. The molecule has 0 unspecified atom stereocenters.